The van der Waals surface area contributed by atoms with E-state index in [1.165, 1.54) is 61.7 Å². The van der Waals surface area contributed by atoms with Gasteiger partial charge in [0.25, 0.3) is 11.8 Å². The van der Waals surface area contributed by atoms with E-state index in [-0.39, 0.29) is 27.6 Å². The molecular weight excluding hydrogens is 491 g/mol. The van der Waals surface area contributed by atoms with Crippen LogP contribution in [0.5, 0.6) is 11.5 Å². The monoisotopic (exact) mass is 510 g/mol. The molecule has 1 saturated heterocycles. The number of rotatable bonds is 6. The van der Waals surface area contributed by atoms with Crippen molar-refractivity contribution in [1.82, 2.24) is 5.32 Å². The quantitative estimate of drug-likeness (QED) is 0.306. The Kier molecular flexibility index (Phi) is 6.58. The largest absolute Gasteiger partial charge is 0.493 e. The van der Waals surface area contributed by atoms with Crippen LogP contribution < -0.4 is 19.1 Å². The summed E-state index contributed by atoms with van der Waals surface area (Å²) in [6.07, 6.45) is 1.17. The van der Waals surface area contributed by atoms with Crippen LogP contribution in [-0.2, 0) is 19.7 Å². The number of nitrogens with zero attached hydrogens (tertiary/aromatic N) is 1. The van der Waals surface area contributed by atoms with Gasteiger partial charge in [-0.15, -0.1) is 0 Å². The van der Waals surface area contributed by atoms with Crippen LogP contribution in [-0.4, -0.2) is 33.4 Å². The van der Waals surface area contributed by atoms with Crippen molar-refractivity contribution in [3.8, 4) is 11.5 Å². The lowest BCUT2D eigenvalue weighted by Crippen LogP contribution is -2.54. The first-order valence-corrected chi connectivity index (χ1v) is 11.9. The van der Waals surface area contributed by atoms with Gasteiger partial charge in [-0.2, -0.15) is 8.42 Å². The Hall–Kier alpha value is -4.51. The Morgan fingerprint density at radius 3 is 2.31 bits per heavy atom. The lowest BCUT2D eigenvalue weighted by atomic mass is 10.1. The van der Waals surface area contributed by atoms with Gasteiger partial charge in [-0.1, -0.05) is 35.9 Å². The van der Waals surface area contributed by atoms with Crippen LogP contribution in [0.2, 0.25) is 0 Å². The molecule has 11 heteroatoms. The number of urea groups is 1. The number of carbonyl (C=O) groups excluding carboxylic acids is 3. The third-order valence-corrected chi connectivity index (χ3v) is 6.45. The SMILES string of the molecule is COc1cc(/C=C2/C(=O)NC(=O)N(c3ccccc3F)C2=O)ccc1OS(=O)(=O)c1ccc(C)cc1. The average Bonchev–Trinajstić information content (AvgIpc) is 2.83. The molecule has 9 nitrogen and oxygen atoms in total. The minimum Gasteiger partial charge on any atom is -0.493 e. The summed E-state index contributed by atoms with van der Waals surface area (Å²) in [6, 6.07) is 14.1. The van der Waals surface area contributed by atoms with Crippen LogP contribution in [0.15, 0.2) is 77.2 Å². The summed E-state index contributed by atoms with van der Waals surface area (Å²) in [4.78, 5) is 38.1. The fraction of sp³-hybridized carbons (Fsp3) is 0.0800. The molecule has 0 saturated carbocycles. The van der Waals surface area contributed by atoms with Crippen LogP contribution in [0.25, 0.3) is 6.08 Å². The number of benzene rings is 3. The van der Waals surface area contributed by atoms with Crippen molar-refractivity contribution < 1.29 is 36.1 Å². The fourth-order valence-corrected chi connectivity index (χ4v) is 4.33. The van der Waals surface area contributed by atoms with Gasteiger partial charge in [-0.05, 0) is 55.0 Å². The summed E-state index contributed by atoms with van der Waals surface area (Å²) < 4.78 is 50.0. The Bertz CT molecular complexity index is 1520. The van der Waals surface area contributed by atoms with Gasteiger partial charge in [0.05, 0.1) is 12.8 Å². The number of carbonyl (C=O) groups is 3. The Morgan fingerprint density at radius 1 is 0.944 bits per heavy atom. The Labute approximate surface area is 205 Å². The molecule has 0 radical (unpaired) electrons. The minimum atomic E-state index is -4.16. The predicted octanol–water partition coefficient (Wildman–Crippen LogP) is 3.58. The van der Waals surface area contributed by atoms with Crippen molar-refractivity contribution >= 4 is 39.7 Å². The number of hydrogen-bond acceptors (Lipinski definition) is 7. The molecule has 0 atom stereocenters. The molecule has 1 heterocycles. The lowest BCUT2D eigenvalue weighted by molar-refractivity contribution is -0.122. The van der Waals surface area contributed by atoms with Gasteiger partial charge in [-0.25, -0.2) is 14.1 Å². The van der Waals surface area contributed by atoms with Crippen LogP contribution in [0.1, 0.15) is 11.1 Å². The number of hydrogen-bond donors (Lipinski definition) is 1. The zero-order valence-corrected chi connectivity index (χ0v) is 19.8. The highest BCUT2D eigenvalue weighted by Gasteiger charge is 2.38. The molecule has 0 spiro atoms. The maximum absolute atomic E-state index is 14.2. The molecule has 0 aliphatic carbocycles. The van der Waals surface area contributed by atoms with Gasteiger partial charge >= 0.3 is 16.1 Å². The zero-order valence-electron chi connectivity index (χ0n) is 19.0. The number of barbiturate groups is 1. The summed E-state index contributed by atoms with van der Waals surface area (Å²) >= 11 is 0. The van der Waals surface area contributed by atoms with Gasteiger partial charge in [-0.3, -0.25) is 14.9 Å². The molecule has 1 aliphatic rings. The molecule has 0 unspecified atom stereocenters. The van der Waals surface area contributed by atoms with E-state index in [0.717, 1.165) is 11.6 Å². The Morgan fingerprint density at radius 2 is 1.64 bits per heavy atom. The second-order valence-electron chi connectivity index (χ2n) is 7.67. The topological polar surface area (TPSA) is 119 Å². The number of para-hydroxylation sites is 1. The van der Waals surface area contributed by atoms with Gasteiger partial charge in [0.15, 0.2) is 11.5 Å². The standard InChI is InChI=1S/C25H19FN2O7S/c1-15-7-10-17(11-8-15)36(32,33)35-21-12-9-16(14-22(21)34-2)13-18-23(29)27-25(31)28(24(18)30)20-6-4-3-5-19(20)26/h3-14H,1-2H3,(H,27,29,31)/b18-13-. The first-order chi connectivity index (χ1) is 17.1. The number of aryl methyl sites for hydroxylation is 1. The number of methoxy groups -OCH3 is 1. The van der Waals surface area contributed by atoms with Crippen LogP contribution in [0, 0.1) is 12.7 Å². The molecule has 1 fully saturated rings. The summed E-state index contributed by atoms with van der Waals surface area (Å²) in [5.74, 6) is -2.95. The first kappa shape index (κ1) is 24.6. The molecule has 3 aromatic rings. The molecule has 4 rings (SSSR count). The molecule has 36 heavy (non-hydrogen) atoms. The van der Waals surface area contributed by atoms with E-state index in [0.29, 0.717) is 4.90 Å². The molecule has 3 aromatic carbocycles. The van der Waals surface area contributed by atoms with Crippen molar-refractivity contribution in [3.63, 3.8) is 0 Å². The second-order valence-corrected chi connectivity index (χ2v) is 9.22. The highest BCUT2D eigenvalue weighted by Crippen LogP contribution is 2.32. The van der Waals surface area contributed by atoms with E-state index in [1.807, 2.05) is 12.2 Å². The van der Waals surface area contributed by atoms with Crippen molar-refractivity contribution in [2.45, 2.75) is 11.8 Å². The maximum Gasteiger partial charge on any atom is 0.339 e. The predicted molar refractivity (Wildman–Crippen MR) is 127 cm³/mol. The normalized spacial score (nSPS) is 15.1. The third kappa shape index (κ3) is 4.82. The highest BCUT2D eigenvalue weighted by atomic mass is 32.2. The van der Waals surface area contributed by atoms with Gasteiger partial charge in [0.1, 0.15) is 16.3 Å². The van der Waals surface area contributed by atoms with Crippen molar-refractivity contribution in [2.24, 2.45) is 0 Å². The molecular formula is C25H19FN2O7S. The van der Waals surface area contributed by atoms with E-state index in [2.05, 4.69) is 0 Å². The molecule has 184 valence electrons. The Balaban J connectivity index is 1.66. The number of anilines is 1. The van der Waals surface area contributed by atoms with E-state index in [9.17, 15) is 27.2 Å². The molecule has 4 amide bonds. The second kappa shape index (κ2) is 9.62. The number of amides is 4. The van der Waals surface area contributed by atoms with Crippen LogP contribution in [0.3, 0.4) is 0 Å². The van der Waals surface area contributed by atoms with Crippen molar-refractivity contribution in [1.29, 1.82) is 0 Å². The molecule has 1 aliphatic heterocycles. The minimum absolute atomic E-state index is 0.00531. The zero-order chi connectivity index (χ0) is 26.0. The number of ether oxygens (including phenoxy) is 1. The summed E-state index contributed by atoms with van der Waals surface area (Å²) in [7, 11) is -2.88. The van der Waals surface area contributed by atoms with Gasteiger partial charge < -0.3 is 8.92 Å². The van der Waals surface area contributed by atoms with Crippen LogP contribution >= 0.6 is 0 Å². The average molecular weight is 510 g/mol. The van der Waals surface area contributed by atoms with E-state index in [4.69, 9.17) is 8.92 Å². The van der Waals surface area contributed by atoms with E-state index >= 15 is 0 Å². The van der Waals surface area contributed by atoms with Crippen LogP contribution in [0.4, 0.5) is 14.9 Å². The summed E-state index contributed by atoms with van der Waals surface area (Å²) in [6.45, 7) is 1.82. The summed E-state index contributed by atoms with van der Waals surface area (Å²) in [5, 5.41) is 2.01. The lowest BCUT2D eigenvalue weighted by Gasteiger charge is -2.26. The van der Waals surface area contributed by atoms with Gasteiger partial charge in [0, 0.05) is 0 Å². The van der Waals surface area contributed by atoms with Gasteiger partial charge in [0.2, 0.25) is 0 Å². The number of imide groups is 2. The van der Waals surface area contributed by atoms with Crippen molar-refractivity contribution in [3.05, 3.63) is 89.2 Å². The molecule has 1 N–H and O–H groups in total. The highest BCUT2D eigenvalue weighted by molar-refractivity contribution is 7.87. The third-order valence-electron chi connectivity index (χ3n) is 5.20. The van der Waals surface area contributed by atoms with E-state index < -0.39 is 39.4 Å². The first-order valence-electron chi connectivity index (χ1n) is 10.5. The molecule has 0 bridgehead atoms. The summed E-state index contributed by atoms with van der Waals surface area (Å²) in [5.41, 5.74) is 0.371. The fourth-order valence-electron chi connectivity index (χ4n) is 3.39. The number of nitrogens with one attached hydrogen (secondary N) is 1. The van der Waals surface area contributed by atoms with Crippen molar-refractivity contribution in [2.75, 3.05) is 12.0 Å². The smallest absolute Gasteiger partial charge is 0.339 e. The number of halogens is 1. The maximum atomic E-state index is 14.2. The van der Waals surface area contributed by atoms with E-state index in [1.54, 1.807) is 12.1 Å². The molecule has 0 aromatic heterocycles.